The van der Waals surface area contributed by atoms with Crippen molar-refractivity contribution in [3.8, 4) is 0 Å². The molecule has 1 aliphatic heterocycles. The molecule has 28 heavy (non-hydrogen) atoms. The van der Waals surface area contributed by atoms with Crippen molar-refractivity contribution in [3.63, 3.8) is 0 Å². The molecule has 0 spiro atoms. The van der Waals surface area contributed by atoms with Gasteiger partial charge in [-0.3, -0.25) is 9.47 Å². The molecule has 0 radical (unpaired) electrons. The normalized spacial score (nSPS) is 21.1. The lowest BCUT2D eigenvalue weighted by Gasteiger charge is -2.48. The first kappa shape index (κ1) is 21.0. The molecule has 7 nitrogen and oxygen atoms in total. The Hall–Kier alpha value is -1.74. The quantitative estimate of drug-likeness (QED) is 0.545. The van der Waals surface area contributed by atoms with E-state index in [1.165, 1.54) is 31.7 Å². The van der Waals surface area contributed by atoms with E-state index < -0.39 is 6.55 Å². The molecule has 1 saturated heterocycles. The Balaban J connectivity index is 1.67. The lowest BCUT2D eigenvalue weighted by atomic mass is 9.80. The standard InChI is InChI=1S/C19H32F2N6O/c1-2-22-18(24-14-16-23-8-9-27(16)17(20)21)25-15-19(6-4-3-5-7-19)26-10-12-28-13-11-26/h8-9,17H,2-7,10-15H2,1H3,(H2,22,24,25). The highest BCUT2D eigenvalue weighted by Crippen LogP contribution is 2.33. The van der Waals surface area contributed by atoms with E-state index >= 15 is 0 Å². The van der Waals surface area contributed by atoms with Crippen LogP contribution in [0.2, 0.25) is 0 Å². The number of nitrogens with one attached hydrogen (secondary N) is 2. The van der Waals surface area contributed by atoms with Crippen molar-refractivity contribution >= 4 is 5.96 Å². The van der Waals surface area contributed by atoms with Crippen molar-refractivity contribution in [2.24, 2.45) is 4.99 Å². The monoisotopic (exact) mass is 398 g/mol. The molecule has 2 heterocycles. The largest absolute Gasteiger partial charge is 0.379 e. The topological polar surface area (TPSA) is 66.7 Å². The number of hydrogen-bond acceptors (Lipinski definition) is 4. The molecule has 0 atom stereocenters. The first-order valence-electron chi connectivity index (χ1n) is 10.3. The SMILES string of the molecule is CCNC(=NCc1nccn1C(F)F)NCC1(N2CCOCC2)CCCCC1. The van der Waals surface area contributed by atoms with Crippen molar-refractivity contribution in [1.29, 1.82) is 0 Å². The number of aliphatic imine (C=N–C) groups is 1. The van der Waals surface area contributed by atoms with Crippen LogP contribution >= 0.6 is 0 Å². The van der Waals surface area contributed by atoms with Crippen molar-refractivity contribution in [2.75, 3.05) is 39.4 Å². The number of rotatable bonds is 7. The zero-order chi connectivity index (χ0) is 19.8. The molecule has 158 valence electrons. The number of aromatic nitrogens is 2. The first-order chi connectivity index (χ1) is 13.6. The number of morpholine rings is 1. The molecule has 0 unspecified atom stereocenters. The minimum atomic E-state index is -2.60. The minimum absolute atomic E-state index is 0.108. The fraction of sp³-hybridized carbons (Fsp3) is 0.789. The molecule has 0 amide bonds. The number of imidazole rings is 1. The van der Waals surface area contributed by atoms with Crippen LogP contribution in [0.4, 0.5) is 8.78 Å². The summed E-state index contributed by atoms with van der Waals surface area (Å²) < 4.78 is 32.4. The average Bonchev–Trinajstić information content (AvgIpc) is 3.20. The molecule has 3 rings (SSSR count). The third-order valence-electron chi connectivity index (χ3n) is 5.73. The summed E-state index contributed by atoms with van der Waals surface area (Å²) in [5.41, 5.74) is 0.111. The number of nitrogens with zero attached hydrogens (tertiary/aromatic N) is 4. The minimum Gasteiger partial charge on any atom is -0.379 e. The van der Waals surface area contributed by atoms with Gasteiger partial charge in [0.05, 0.1) is 13.2 Å². The molecule has 2 N–H and O–H groups in total. The summed E-state index contributed by atoms with van der Waals surface area (Å²) in [5, 5.41) is 6.70. The van der Waals surface area contributed by atoms with Crippen LogP contribution in [0.15, 0.2) is 17.4 Å². The molecule has 9 heteroatoms. The molecule has 0 bridgehead atoms. The zero-order valence-electron chi connectivity index (χ0n) is 16.7. The van der Waals surface area contributed by atoms with E-state index in [9.17, 15) is 8.78 Å². The predicted octanol–water partition coefficient (Wildman–Crippen LogP) is 2.37. The Bertz CT molecular complexity index is 624. The Labute approximate surface area is 165 Å². The van der Waals surface area contributed by atoms with Crippen LogP contribution < -0.4 is 10.6 Å². The van der Waals surface area contributed by atoms with E-state index in [4.69, 9.17) is 4.74 Å². The van der Waals surface area contributed by atoms with Gasteiger partial charge in [0.15, 0.2) is 5.96 Å². The summed E-state index contributed by atoms with van der Waals surface area (Å²) in [7, 11) is 0. The van der Waals surface area contributed by atoms with Crippen LogP contribution in [-0.2, 0) is 11.3 Å². The molecular weight excluding hydrogens is 366 g/mol. The molecule has 1 aliphatic carbocycles. The van der Waals surface area contributed by atoms with Gasteiger partial charge < -0.3 is 15.4 Å². The molecule has 2 fully saturated rings. The Morgan fingerprint density at radius 3 is 2.68 bits per heavy atom. The molecule has 1 saturated carbocycles. The van der Waals surface area contributed by atoms with Gasteiger partial charge in [-0.15, -0.1) is 0 Å². The maximum atomic E-state index is 13.0. The van der Waals surface area contributed by atoms with Gasteiger partial charge >= 0.3 is 6.55 Å². The smallest absolute Gasteiger partial charge is 0.319 e. The van der Waals surface area contributed by atoms with Crippen LogP contribution in [0.1, 0.15) is 51.4 Å². The second kappa shape index (κ2) is 10.2. The second-order valence-corrected chi connectivity index (χ2v) is 7.46. The Morgan fingerprint density at radius 1 is 1.25 bits per heavy atom. The average molecular weight is 399 g/mol. The fourth-order valence-electron chi connectivity index (χ4n) is 4.24. The molecular formula is C19H32F2N6O. The number of alkyl halides is 2. The van der Waals surface area contributed by atoms with Crippen molar-refractivity contribution < 1.29 is 13.5 Å². The van der Waals surface area contributed by atoms with E-state index in [-0.39, 0.29) is 17.9 Å². The van der Waals surface area contributed by atoms with Crippen LogP contribution in [0.5, 0.6) is 0 Å². The maximum absolute atomic E-state index is 13.0. The van der Waals surface area contributed by atoms with Gasteiger partial charge in [-0.1, -0.05) is 19.3 Å². The van der Waals surface area contributed by atoms with Gasteiger partial charge in [-0.25, -0.2) is 9.98 Å². The molecule has 1 aromatic rings. The van der Waals surface area contributed by atoms with Crippen molar-refractivity contribution in [1.82, 2.24) is 25.1 Å². The number of ether oxygens (including phenoxy) is 1. The summed E-state index contributed by atoms with van der Waals surface area (Å²) >= 11 is 0. The van der Waals surface area contributed by atoms with Gasteiger partial charge in [0.25, 0.3) is 0 Å². The summed E-state index contributed by atoms with van der Waals surface area (Å²) in [6.45, 7) is 4.49. The maximum Gasteiger partial charge on any atom is 0.319 e. The van der Waals surface area contributed by atoms with Gasteiger partial charge in [0.1, 0.15) is 12.4 Å². The second-order valence-electron chi connectivity index (χ2n) is 7.46. The number of hydrogen-bond donors (Lipinski definition) is 2. The third-order valence-corrected chi connectivity index (χ3v) is 5.73. The van der Waals surface area contributed by atoms with E-state index in [0.717, 1.165) is 50.3 Å². The summed E-state index contributed by atoms with van der Waals surface area (Å²) in [4.78, 5) is 11.1. The lowest BCUT2D eigenvalue weighted by molar-refractivity contribution is -0.0352. The molecule has 2 aliphatic rings. The van der Waals surface area contributed by atoms with Crippen LogP contribution in [0.3, 0.4) is 0 Å². The van der Waals surface area contributed by atoms with Gasteiger partial charge in [-0.2, -0.15) is 8.78 Å². The highest BCUT2D eigenvalue weighted by Gasteiger charge is 2.38. The highest BCUT2D eigenvalue weighted by molar-refractivity contribution is 5.79. The Morgan fingerprint density at radius 2 is 2.00 bits per heavy atom. The Kier molecular flexibility index (Phi) is 7.61. The third kappa shape index (κ3) is 5.20. The summed E-state index contributed by atoms with van der Waals surface area (Å²) in [5.74, 6) is 0.900. The van der Waals surface area contributed by atoms with E-state index in [2.05, 4.69) is 25.5 Å². The van der Waals surface area contributed by atoms with Crippen molar-refractivity contribution in [2.45, 2.75) is 57.7 Å². The highest BCUT2D eigenvalue weighted by atomic mass is 19.3. The van der Waals surface area contributed by atoms with Gasteiger partial charge in [0.2, 0.25) is 0 Å². The lowest BCUT2D eigenvalue weighted by Crippen LogP contribution is -2.60. The van der Waals surface area contributed by atoms with Crippen LogP contribution in [-0.4, -0.2) is 65.3 Å². The van der Waals surface area contributed by atoms with E-state index in [1.54, 1.807) is 0 Å². The molecule has 1 aromatic heterocycles. The number of halogens is 2. The van der Waals surface area contributed by atoms with Crippen LogP contribution in [0.25, 0.3) is 0 Å². The number of guanidine groups is 1. The summed E-state index contributed by atoms with van der Waals surface area (Å²) in [6.07, 6.45) is 8.75. The zero-order valence-corrected chi connectivity index (χ0v) is 16.7. The fourth-order valence-corrected chi connectivity index (χ4v) is 4.24. The predicted molar refractivity (Wildman–Crippen MR) is 105 cm³/mol. The van der Waals surface area contributed by atoms with E-state index in [0.29, 0.717) is 12.5 Å². The van der Waals surface area contributed by atoms with E-state index in [1.807, 2.05) is 6.92 Å². The van der Waals surface area contributed by atoms with Crippen LogP contribution in [0, 0.1) is 0 Å². The molecule has 0 aromatic carbocycles. The summed E-state index contributed by atoms with van der Waals surface area (Å²) in [6, 6.07) is 0. The van der Waals surface area contributed by atoms with Gasteiger partial charge in [0, 0.05) is 44.1 Å². The van der Waals surface area contributed by atoms with Gasteiger partial charge in [-0.05, 0) is 19.8 Å². The first-order valence-corrected chi connectivity index (χ1v) is 10.3. The van der Waals surface area contributed by atoms with Crippen molar-refractivity contribution in [3.05, 3.63) is 18.2 Å².